The van der Waals surface area contributed by atoms with E-state index in [1.165, 1.54) is 19.2 Å². The van der Waals surface area contributed by atoms with Gasteiger partial charge in [-0.05, 0) is 25.5 Å². The molecule has 0 bridgehead atoms. The molecule has 7 nitrogen and oxygen atoms in total. The molecule has 166 valence electrons. The first kappa shape index (κ1) is 20.6. The number of alkyl halides is 3. The van der Waals surface area contributed by atoms with Crippen LogP contribution in [0.3, 0.4) is 0 Å². The van der Waals surface area contributed by atoms with Gasteiger partial charge in [0.2, 0.25) is 11.5 Å². The number of oxazole rings is 1. The molecule has 0 saturated carbocycles. The average molecular weight is 452 g/mol. The average Bonchev–Trinajstić information content (AvgIpc) is 3.36. The highest BCUT2D eigenvalue weighted by Crippen LogP contribution is 2.38. The molecule has 0 aliphatic rings. The number of H-pyrrole nitrogens is 1. The van der Waals surface area contributed by atoms with Gasteiger partial charge in [-0.15, -0.1) is 0 Å². The third-order valence-electron chi connectivity index (χ3n) is 5.27. The Hall–Kier alpha value is -4.26. The molecule has 3 heterocycles. The van der Waals surface area contributed by atoms with E-state index in [2.05, 4.69) is 27.2 Å². The number of aryl methyl sites for hydroxylation is 1. The summed E-state index contributed by atoms with van der Waals surface area (Å²) in [7, 11) is 1.46. The Morgan fingerprint density at radius 1 is 1.12 bits per heavy atom. The Morgan fingerprint density at radius 2 is 1.85 bits per heavy atom. The number of rotatable bonds is 3. The maximum atomic E-state index is 13.8. The number of halogens is 3. The SMILES string of the molecule is COc1c(C)c#cc2oc(-c3c(C)[nH]c4c(-c5ccccc5)c(C(F)(F)F)nn4c3=O)nc12. The Bertz CT molecular complexity index is 1580. The van der Waals surface area contributed by atoms with Gasteiger partial charge in [-0.25, -0.2) is 4.98 Å². The fraction of sp³-hybridized carbons (Fsp3) is 0.174. The van der Waals surface area contributed by atoms with Crippen molar-refractivity contribution in [3.05, 3.63) is 69.8 Å². The van der Waals surface area contributed by atoms with Crippen LogP contribution in [-0.4, -0.2) is 26.7 Å². The van der Waals surface area contributed by atoms with Crippen molar-refractivity contribution in [2.45, 2.75) is 20.0 Å². The lowest BCUT2D eigenvalue weighted by molar-refractivity contribution is -0.140. The number of nitrogens with zero attached hydrogens (tertiary/aromatic N) is 3. The zero-order valence-corrected chi connectivity index (χ0v) is 17.6. The van der Waals surface area contributed by atoms with Crippen molar-refractivity contribution in [1.82, 2.24) is 19.6 Å². The molecule has 0 aliphatic heterocycles. The minimum absolute atomic E-state index is 0.0531. The Balaban J connectivity index is 1.82. The first-order valence-electron chi connectivity index (χ1n) is 9.77. The van der Waals surface area contributed by atoms with Gasteiger partial charge in [-0.1, -0.05) is 36.4 Å². The van der Waals surface area contributed by atoms with Crippen molar-refractivity contribution in [2.75, 3.05) is 7.11 Å². The van der Waals surface area contributed by atoms with Gasteiger partial charge in [0, 0.05) is 11.3 Å². The summed E-state index contributed by atoms with van der Waals surface area (Å²) in [6.45, 7) is 3.31. The molecule has 0 spiro atoms. The first-order valence-corrected chi connectivity index (χ1v) is 9.77. The zero-order valence-electron chi connectivity index (χ0n) is 17.6. The van der Waals surface area contributed by atoms with E-state index < -0.39 is 17.4 Å². The highest BCUT2D eigenvalue weighted by molar-refractivity contribution is 5.84. The molecule has 0 aliphatic carbocycles. The van der Waals surface area contributed by atoms with Crippen LogP contribution in [0, 0.1) is 26.0 Å². The highest BCUT2D eigenvalue weighted by atomic mass is 19.4. The molecule has 5 aromatic rings. The maximum Gasteiger partial charge on any atom is 0.435 e. The summed E-state index contributed by atoms with van der Waals surface area (Å²) in [5.74, 6) is 0.309. The van der Waals surface area contributed by atoms with Crippen molar-refractivity contribution >= 4 is 16.7 Å². The van der Waals surface area contributed by atoms with E-state index in [1.807, 2.05) is 0 Å². The van der Waals surface area contributed by atoms with Crippen LogP contribution in [0.25, 0.3) is 39.3 Å². The number of nitrogens with one attached hydrogen (secondary N) is 1. The molecule has 10 heteroatoms. The van der Waals surface area contributed by atoms with Crippen LogP contribution in [0.5, 0.6) is 5.75 Å². The van der Waals surface area contributed by atoms with Crippen LogP contribution in [0.4, 0.5) is 13.2 Å². The number of ether oxygens (including phenoxy) is 1. The molecule has 33 heavy (non-hydrogen) atoms. The largest absolute Gasteiger partial charge is 0.493 e. The molecular formula is C23H15F3N4O3. The van der Waals surface area contributed by atoms with E-state index >= 15 is 0 Å². The molecular weight excluding hydrogens is 437 g/mol. The molecule has 3 aromatic heterocycles. The summed E-state index contributed by atoms with van der Waals surface area (Å²) in [4.78, 5) is 20.6. The summed E-state index contributed by atoms with van der Waals surface area (Å²) in [6, 6.07) is 13.6. The van der Waals surface area contributed by atoms with E-state index in [1.54, 1.807) is 32.0 Å². The topological polar surface area (TPSA) is 85.4 Å². The van der Waals surface area contributed by atoms with Gasteiger partial charge >= 0.3 is 6.18 Å². The molecule has 0 radical (unpaired) electrons. The number of benzene rings is 1. The molecule has 0 unspecified atom stereocenters. The fourth-order valence-electron chi connectivity index (χ4n) is 3.82. The molecule has 5 rings (SSSR count). The fourth-order valence-corrected chi connectivity index (χ4v) is 3.82. The van der Waals surface area contributed by atoms with Crippen molar-refractivity contribution in [3.63, 3.8) is 0 Å². The quantitative estimate of drug-likeness (QED) is 0.427. The van der Waals surface area contributed by atoms with Gasteiger partial charge in [-0.2, -0.15) is 22.8 Å². The predicted octanol–water partition coefficient (Wildman–Crippen LogP) is 4.74. The summed E-state index contributed by atoms with van der Waals surface area (Å²) in [6.07, 6.45) is -4.78. The molecule has 2 aromatic carbocycles. The molecule has 0 saturated heterocycles. The second-order valence-electron chi connectivity index (χ2n) is 7.38. The van der Waals surface area contributed by atoms with Crippen LogP contribution in [-0.2, 0) is 6.18 Å². The van der Waals surface area contributed by atoms with Crippen LogP contribution < -0.4 is 10.3 Å². The molecule has 0 fully saturated rings. The molecule has 0 atom stereocenters. The van der Waals surface area contributed by atoms with Crippen molar-refractivity contribution in [1.29, 1.82) is 0 Å². The van der Waals surface area contributed by atoms with Crippen LogP contribution in [0.2, 0.25) is 0 Å². The Kier molecular flexibility index (Phi) is 4.46. The van der Waals surface area contributed by atoms with E-state index in [-0.39, 0.29) is 39.5 Å². The molecule has 1 N–H and O–H groups in total. The third kappa shape index (κ3) is 3.12. The summed E-state index contributed by atoms with van der Waals surface area (Å²) >= 11 is 0. The Labute approximate surface area is 184 Å². The number of aromatic nitrogens is 4. The summed E-state index contributed by atoms with van der Waals surface area (Å²) in [5.41, 5.74) is -0.618. The van der Waals surface area contributed by atoms with E-state index in [9.17, 15) is 18.0 Å². The maximum absolute atomic E-state index is 13.8. The number of fused-ring (bicyclic) bond motifs is 2. The predicted molar refractivity (Wildman–Crippen MR) is 113 cm³/mol. The second-order valence-corrected chi connectivity index (χ2v) is 7.38. The van der Waals surface area contributed by atoms with Crippen LogP contribution in [0.1, 0.15) is 17.0 Å². The number of hydrogen-bond donors (Lipinski definition) is 1. The third-order valence-corrected chi connectivity index (χ3v) is 5.27. The van der Waals surface area contributed by atoms with E-state index in [0.717, 1.165) is 0 Å². The second kappa shape index (κ2) is 7.13. The summed E-state index contributed by atoms with van der Waals surface area (Å²) < 4.78 is 53.3. The summed E-state index contributed by atoms with van der Waals surface area (Å²) in [5, 5.41) is 3.63. The lowest BCUT2D eigenvalue weighted by Gasteiger charge is -2.07. The highest BCUT2D eigenvalue weighted by Gasteiger charge is 2.39. The smallest absolute Gasteiger partial charge is 0.435 e. The van der Waals surface area contributed by atoms with Crippen LogP contribution >= 0.6 is 0 Å². The molecule has 0 amide bonds. The lowest BCUT2D eigenvalue weighted by Crippen LogP contribution is -2.20. The minimum Gasteiger partial charge on any atom is -0.493 e. The Morgan fingerprint density at radius 3 is 2.52 bits per heavy atom. The van der Waals surface area contributed by atoms with Gasteiger partial charge < -0.3 is 14.1 Å². The van der Waals surface area contributed by atoms with Gasteiger partial charge in [0.05, 0.1) is 12.7 Å². The minimum atomic E-state index is -4.78. The van der Waals surface area contributed by atoms with Crippen molar-refractivity contribution in [2.24, 2.45) is 0 Å². The van der Waals surface area contributed by atoms with E-state index in [4.69, 9.17) is 9.15 Å². The monoisotopic (exact) mass is 452 g/mol. The van der Waals surface area contributed by atoms with Gasteiger partial charge in [0.15, 0.2) is 17.0 Å². The lowest BCUT2D eigenvalue weighted by atomic mass is 10.1. The van der Waals surface area contributed by atoms with Gasteiger partial charge in [-0.3, -0.25) is 4.79 Å². The van der Waals surface area contributed by atoms with Crippen LogP contribution in [0.15, 0.2) is 39.5 Å². The number of aromatic amines is 1. The van der Waals surface area contributed by atoms with Gasteiger partial charge in [0.1, 0.15) is 11.2 Å². The van der Waals surface area contributed by atoms with Crippen molar-refractivity contribution < 1.29 is 22.3 Å². The van der Waals surface area contributed by atoms with Crippen molar-refractivity contribution in [3.8, 4) is 28.3 Å². The standard InChI is InChI=1S/C23H15F3N4O3/c1-11-9-10-14-17(18(11)32-3)28-21(33-14)15-12(2)27-20-16(13-7-5-4-6-8-13)19(23(24,25)26)29-30(20)22(15)31/h4-8,27H,1-3H3. The zero-order chi connectivity index (χ0) is 23.5. The normalized spacial score (nSPS) is 11.8. The first-order chi connectivity index (χ1) is 15.7. The van der Waals surface area contributed by atoms with Gasteiger partial charge in [0.25, 0.3) is 5.56 Å². The number of methoxy groups -OCH3 is 1. The van der Waals surface area contributed by atoms with E-state index in [0.29, 0.717) is 21.3 Å². The number of hydrogen-bond acceptors (Lipinski definition) is 5.